The molecule has 7 aromatic rings. The second-order valence-corrected chi connectivity index (χ2v) is 9.65. The Morgan fingerprint density at radius 2 is 1.15 bits per heavy atom. The third-order valence-corrected chi connectivity index (χ3v) is 7.05. The number of rotatable bonds is 5. The molecule has 2 aromatic heterocycles. The first-order valence-electron chi connectivity index (χ1n) is 13.3. The average Bonchev–Trinajstić information content (AvgIpc) is 3.05. The monoisotopic (exact) mass is 703 g/mol. The van der Waals surface area contributed by atoms with Crippen molar-refractivity contribution >= 4 is 10.8 Å². The van der Waals surface area contributed by atoms with Gasteiger partial charge in [0.15, 0.2) is 0 Å². The van der Waals surface area contributed by atoms with Crippen molar-refractivity contribution in [2.75, 3.05) is 0 Å². The molecule has 0 aliphatic carbocycles. The number of fused-ring (bicyclic) bond motifs is 1. The van der Waals surface area contributed by atoms with E-state index in [0.29, 0.717) is 5.82 Å². The minimum Gasteiger partial charge on any atom is -0.304 e. The van der Waals surface area contributed by atoms with E-state index in [1.807, 2.05) is 60.8 Å². The Hall–Kier alpha value is -4.76. The van der Waals surface area contributed by atoms with E-state index >= 15 is 0 Å². The van der Waals surface area contributed by atoms with Gasteiger partial charge < -0.3 is 4.98 Å². The fraction of sp³-hybridized carbons (Fsp3) is 0. The van der Waals surface area contributed by atoms with Crippen molar-refractivity contribution in [3.8, 4) is 56.3 Å². The average molecular weight is 703 g/mol. The predicted octanol–water partition coefficient (Wildman–Crippen LogP) is 9.16. The van der Waals surface area contributed by atoms with Crippen molar-refractivity contribution in [2.45, 2.75) is 0 Å². The summed E-state index contributed by atoms with van der Waals surface area (Å²) >= 11 is 0. The van der Waals surface area contributed by atoms with Crippen LogP contribution in [0.3, 0.4) is 0 Å². The standard InChI is InChI=1S/C37H24N3.Ir/c1-3-11-26(12-4-1)29-16-9-17-30(23-29)35-25-34(28-14-5-2-6-15-28)39-37(40-35)32-19-10-18-31(24-32)36-33-20-8-7-13-27(33)21-22-38-36;/h1-17,19-25H;/q-1;. The topological polar surface area (TPSA) is 38.7 Å². The van der Waals surface area contributed by atoms with Crippen LogP contribution in [0.2, 0.25) is 0 Å². The molecule has 0 saturated heterocycles. The van der Waals surface area contributed by atoms with Gasteiger partial charge in [-0.3, -0.25) is 0 Å². The van der Waals surface area contributed by atoms with Crippen molar-refractivity contribution in [2.24, 2.45) is 0 Å². The molecule has 7 rings (SSSR count). The van der Waals surface area contributed by atoms with E-state index in [-0.39, 0.29) is 20.1 Å². The Balaban J connectivity index is 0.00000302. The molecular weight excluding hydrogens is 679 g/mol. The van der Waals surface area contributed by atoms with Gasteiger partial charge in [-0.05, 0) is 45.8 Å². The van der Waals surface area contributed by atoms with Gasteiger partial charge in [0.05, 0.1) is 11.4 Å². The molecule has 0 atom stereocenters. The minimum absolute atomic E-state index is 0. The zero-order chi connectivity index (χ0) is 26.7. The largest absolute Gasteiger partial charge is 0.304 e. The molecule has 0 N–H and O–H groups in total. The van der Waals surface area contributed by atoms with Crippen LogP contribution in [0, 0.1) is 6.07 Å². The molecule has 0 bridgehead atoms. The molecule has 3 nitrogen and oxygen atoms in total. The van der Waals surface area contributed by atoms with Gasteiger partial charge in [0.25, 0.3) is 0 Å². The van der Waals surface area contributed by atoms with Crippen LogP contribution >= 0.6 is 0 Å². The summed E-state index contributed by atoms with van der Waals surface area (Å²) in [7, 11) is 0. The molecule has 197 valence electrons. The van der Waals surface area contributed by atoms with Crippen LogP contribution in [0.25, 0.3) is 67.1 Å². The van der Waals surface area contributed by atoms with E-state index in [4.69, 9.17) is 15.0 Å². The smallest absolute Gasteiger partial charge is 0.142 e. The summed E-state index contributed by atoms with van der Waals surface area (Å²) < 4.78 is 0. The maximum atomic E-state index is 5.09. The molecule has 4 heteroatoms. The van der Waals surface area contributed by atoms with E-state index in [0.717, 1.165) is 55.7 Å². The van der Waals surface area contributed by atoms with E-state index < -0.39 is 0 Å². The summed E-state index contributed by atoms with van der Waals surface area (Å²) in [6.07, 6.45) is 1.85. The molecular formula is C37H24IrN3-. The van der Waals surface area contributed by atoms with Gasteiger partial charge in [-0.2, -0.15) is 0 Å². The number of nitrogens with zero attached hydrogens (tertiary/aromatic N) is 3. The summed E-state index contributed by atoms with van der Waals surface area (Å²) in [5.41, 5.74) is 8.89. The SMILES string of the molecule is [Ir].[c-]1ccc(-c2nc(-c3ccccc3)cc(-c3cccc(-c4ccccc4)c3)n2)cc1-c1nccc2ccccc12. The van der Waals surface area contributed by atoms with Gasteiger partial charge in [0.2, 0.25) is 0 Å². The molecule has 2 heterocycles. The van der Waals surface area contributed by atoms with Gasteiger partial charge in [0.1, 0.15) is 5.82 Å². The van der Waals surface area contributed by atoms with Gasteiger partial charge >= 0.3 is 0 Å². The van der Waals surface area contributed by atoms with Crippen molar-refractivity contribution < 1.29 is 20.1 Å². The second-order valence-electron chi connectivity index (χ2n) is 9.65. The van der Waals surface area contributed by atoms with Gasteiger partial charge in [-0.15, -0.1) is 29.8 Å². The van der Waals surface area contributed by atoms with Crippen LogP contribution < -0.4 is 0 Å². The Kier molecular flexibility index (Phi) is 7.60. The van der Waals surface area contributed by atoms with Crippen molar-refractivity contribution in [3.63, 3.8) is 0 Å². The van der Waals surface area contributed by atoms with Crippen molar-refractivity contribution in [1.82, 2.24) is 15.0 Å². The third-order valence-electron chi connectivity index (χ3n) is 7.05. The zero-order valence-corrected chi connectivity index (χ0v) is 24.4. The summed E-state index contributed by atoms with van der Waals surface area (Å²) in [5.74, 6) is 0.664. The fourth-order valence-electron chi connectivity index (χ4n) is 5.05. The van der Waals surface area contributed by atoms with Crippen LogP contribution in [0.4, 0.5) is 0 Å². The summed E-state index contributed by atoms with van der Waals surface area (Å²) in [6, 6.07) is 51.0. The van der Waals surface area contributed by atoms with Gasteiger partial charge in [0, 0.05) is 37.4 Å². The molecule has 1 radical (unpaired) electrons. The van der Waals surface area contributed by atoms with Crippen molar-refractivity contribution in [3.05, 3.63) is 152 Å². The molecule has 0 aliphatic heterocycles. The molecule has 41 heavy (non-hydrogen) atoms. The summed E-state index contributed by atoms with van der Waals surface area (Å²) in [6.45, 7) is 0. The van der Waals surface area contributed by atoms with E-state index in [2.05, 4.69) is 91.0 Å². The van der Waals surface area contributed by atoms with Crippen LogP contribution in [0.1, 0.15) is 0 Å². The first kappa shape index (κ1) is 26.5. The fourth-order valence-corrected chi connectivity index (χ4v) is 5.05. The van der Waals surface area contributed by atoms with Crippen molar-refractivity contribution in [1.29, 1.82) is 0 Å². The zero-order valence-electron chi connectivity index (χ0n) is 22.0. The molecule has 0 aliphatic rings. The van der Waals surface area contributed by atoms with Gasteiger partial charge in [-0.25, -0.2) is 9.97 Å². The Morgan fingerprint density at radius 1 is 0.488 bits per heavy atom. The van der Waals surface area contributed by atoms with Crippen LogP contribution in [0.5, 0.6) is 0 Å². The summed E-state index contributed by atoms with van der Waals surface area (Å²) in [4.78, 5) is 14.8. The molecule has 0 saturated carbocycles. The number of aromatic nitrogens is 3. The summed E-state index contributed by atoms with van der Waals surface area (Å²) in [5, 5.41) is 2.24. The maximum Gasteiger partial charge on any atom is 0.142 e. The van der Waals surface area contributed by atoms with Crippen LogP contribution in [-0.2, 0) is 20.1 Å². The van der Waals surface area contributed by atoms with Gasteiger partial charge in [-0.1, -0.05) is 109 Å². The number of benzene rings is 5. The van der Waals surface area contributed by atoms with E-state index in [1.165, 1.54) is 5.56 Å². The Bertz CT molecular complexity index is 1950. The first-order valence-corrected chi connectivity index (χ1v) is 13.3. The predicted molar refractivity (Wildman–Crippen MR) is 163 cm³/mol. The second kappa shape index (κ2) is 11.8. The Labute approximate surface area is 253 Å². The molecule has 5 aromatic carbocycles. The molecule has 0 unspecified atom stereocenters. The van der Waals surface area contributed by atoms with Crippen LogP contribution in [-0.4, -0.2) is 15.0 Å². The minimum atomic E-state index is 0. The normalized spacial score (nSPS) is 10.7. The molecule has 0 spiro atoms. The Morgan fingerprint density at radius 3 is 1.95 bits per heavy atom. The molecule has 0 amide bonds. The van der Waals surface area contributed by atoms with Crippen LogP contribution in [0.15, 0.2) is 146 Å². The number of pyridine rings is 1. The first-order chi connectivity index (χ1) is 19.8. The maximum absolute atomic E-state index is 5.09. The quantitative estimate of drug-likeness (QED) is 0.168. The third kappa shape index (κ3) is 5.49. The number of hydrogen-bond donors (Lipinski definition) is 0. The molecule has 0 fully saturated rings. The number of hydrogen-bond acceptors (Lipinski definition) is 3. The van der Waals surface area contributed by atoms with E-state index in [9.17, 15) is 0 Å². The van der Waals surface area contributed by atoms with E-state index in [1.54, 1.807) is 0 Å².